The van der Waals surface area contributed by atoms with Crippen molar-refractivity contribution in [2.24, 2.45) is 5.92 Å². The Kier molecular flexibility index (Phi) is 3.86. The van der Waals surface area contributed by atoms with Crippen LogP contribution in [-0.4, -0.2) is 18.0 Å². The molecule has 1 aromatic carbocycles. The van der Waals surface area contributed by atoms with E-state index in [9.17, 15) is 4.79 Å². The highest BCUT2D eigenvalue weighted by Crippen LogP contribution is 2.47. The number of carbonyl (C=O) groups excluding carboxylic acids is 1. The highest BCUT2D eigenvalue weighted by atomic mass is 16.5. The van der Waals surface area contributed by atoms with E-state index >= 15 is 0 Å². The summed E-state index contributed by atoms with van der Waals surface area (Å²) in [5.41, 5.74) is 2.14. The lowest BCUT2D eigenvalue weighted by atomic mass is 10.1. The van der Waals surface area contributed by atoms with Crippen LogP contribution in [0.15, 0.2) is 48.7 Å². The molecule has 1 aliphatic carbocycles. The van der Waals surface area contributed by atoms with Crippen molar-refractivity contribution in [3.63, 3.8) is 0 Å². The zero-order chi connectivity index (χ0) is 14.7. The van der Waals surface area contributed by atoms with Gasteiger partial charge in [-0.1, -0.05) is 36.4 Å². The number of carbonyl (C=O) groups is 1. The topological polar surface area (TPSA) is 51.2 Å². The fourth-order valence-corrected chi connectivity index (χ4v) is 2.61. The highest BCUT2D eigenvalue weighted by Gasteiger charge is 2.43. The number of benzene rings is 1. The second-order valence-electron chi connectivity index (χ2n) is 5.25. The average molecular weight is 282 g/mol. The Morgan fingerprint density at radius 2 is 2.10 bits per heavy atom. The molecule has 0 bridgehead atoms. The van der Waals surface area contributed by atoms with Crippen LogP contribution in [-0.2, 0) is 11.3 Å². The molecule has 108 valence electrons. The second-order valence-corrected chi connectivity index (χ2v) is 5.25. The van der Waals surface area contributed by atoms with E-state index in [0.29, 0.717) is 18.3 Å². The Balaban J connectivity index is 1.56. The SMILES string of the molecule is COc1ncccc1CNC(=O)C1CC1c1ccccc1. The maximum absolute atomic E-state index is 12.2. The lowest BCUT2D eigenvalue weighted by Gasteiger charge is -2.08. The minimum Gasteiger partial charge on any atom is -0.481 e. The van der Waals surface area contributed by atoms with E-state index in [-0.39, 0.29) is 11.8 Å². The molecule has 1 aromatic heterocycles. The van der Waals surface area contributed by atoms with Crippen LogP contribution in [0.1, 0.15) is 23.5 Å². The lowest BCUT2D eigenvalue weighted by molar-refractivity contribution is -0.122. The molecule has 2 unspecified atom stereocenters. The molecule has 1 fully saturated rings. The summed E-state index contributed by atoms with van der Waals surface area (Å²) < 4.78 is 5.18. The van der Waals surface area contributed by atoms with E-state index in [2.05, 4.69) is 22.4 Å². The van der Waals surface area contributed by atoms with Crippen molar-refractivity contribution in [1.82, 2.24) is 10.3 Å². The highest BCUT2D eigenvalue weighted by molar-refractivity contribution is 5.82. The largest absolute Gasteiger partial charge is 0.481 e. The van der Waals surface area contributed by atoms with Crippen LogP contribution in [0, 0.1) is 5.92 Å². The van der Waals surface area contributed by atoms with Gasteiger partial charge in [0.25, 0.3) is 0 Å². The molecule has 4 nitrogen and oxygen atoms in total. The first-order chi connectivity index (χ1) is 10.3. The lowest BCUT2D eigenvalue weighted by Crippen LogP contribution is -2.25. The van der Waals surface area contributed by atoms with Gasteiger partial charge in [-0.2, -0.15) is 0 Å². The number of pyridine rings is 1. The predicted molar refractivity (Wildman–Crippen MR) is 79.9 cm³/mol. The minimum absolute atomic E-state index is 0.0927. The molecule has 2 atom stereocenters. The third kappa shape index (κ3) is 3.05. The van der Waals surface area contributed by atoms with E-state index in [1.165, 1.54) is 5.56 Å². The molecule has 21 heavy (non-hydrogen) atoms. The molecule has 0 radical (unpaired) electrons. The van der Waals surface area contributed by atoms with Gasteiger partial charge >= 0.3 is 0 Å². The van der Waals surface area contributed by atoms with Gasteiger partial charge in [0.1, 0.15) is 0 Å². The molecule has 1 heterocycles. The molecular weight excluding hydrogens is 264 g/mol. The molecule has 3 rings (SSSR count). The maximum atomic E-state index is 12.2. The van der Waals surface area contributed by atoms with Crippen molar-refractivity contribution >= 4 is 5.91 Å². The number of nitrogens with one attached hydrogen (secondary N) is 1. The summed E-state index contributed by atoms with van der Waals surface area (Å²) in [7, 11) is 1.58. The first-order valence-electron chi connectivity index (χ1n) is 7.10. The predicted octanol–water partition coefficient (Wildman–Crippen LogP) is 2.51. The van der Waals surface area contributed by atoms with Crippen LogP contribution in [0.25, 0.3) is 0 Å². The summed E-state index contributed by atoms with van der Waals surface area (Å²) in [6, 6.07) is 14.0. The van der Waals surface area contributed by atoms with Crippen LogP contribution in [0.4, 0.5) is 0 Å². The number of hydrogen-bond acceptors (Lipinski definition) is 3. The van der Waals surface area contributed by atoms with Gasteiger partial charge in [0, 0.05) is 24.2 Å². The van der Waals surface area contributed by atoms with E-state index in [0.717, 1.165) is 12.0 Å². The van der Waals surface area contributed by atoms with Gasteiger partial charge in [-0.15, -0.1) is 0 Å². The molecule has 1 saturated carbocycles. The number of hydrogen-bond donors (Lipinski definition) is 1. The van der Waals surface area contributed by atoms with E-state index < -0.39 is 0 Å². The Hall–Kier alpha value is -2.36. The number of methoxy groups -OCH3 is 1. The summed E-state index contributed by atoms with van der Waals surface area (Å²) in [4.78, 5) is 16.3. The summed E-state index contributed by atoms with van der Waals surface area (Å²) in [6.07, 6.45) is 2.61. The molecule has 0 saturated heterocycles. The van der Waals surface area contributed by atoms with Crippen molar-refractivity contribution in [1.29, 1.82) is 0 Å². The third-order valence-corrected chi connectivity index (χ3v) is 3.85. The van der Waals surface area contributed by atoms with Crippen molar-refractivity contribution in [3.8, 4) is 5.88 Å². The zero-order valence-corrected chi connectivity index (χ0v) is 12.0. The quantitative estimate of drug-likeness (QED) is 0.916. The van der Waals surface area contributed by atoms with Gasteiger partial charge in [0.2, 0.25) is 11.8 Å². The molecule has 2 aromatic rings. The zero-order valence-electron chi connectivity index (χ0n) is 12.0. The fraction of sp³-hybridized carbons (Fsp3) is 0.294. The Bertz CT molecular complexity index is 628. The Morgan fingerprint density at radius 3 is 2.86 bits per heavy atom. The van der Waals surface area contributed by atoms with E-state index in [1.807, 2.05) is 30.3 Å². The minimum atomic E-state index is 0.0927. The van der Waals surface area contributed by atoms with Gasteiger partial charge in [-0.3, -0.25) is 4.79 Å². The van der Waals surface area contributed by atoms with Crippen LogP contribution < -0.4 is 10.1 Å². The molecule has 0 aliphatic heterocycles. The third-order valence-electron chi connectivity index (χ3n) is 3.85. The number of amides is 1. The van der Waals surface area contributed by atoms with Gasteiger partial charge in [-0.05, 0) is 24.0 Å². The normalized spacial score (nSPS) is 19.9. The molecule has 1 N–H and O–H groups in total. The van der Waals surface area contributed by atoms with Crippen molar-refractivity contribution in [3.05, 3.63) is 59.8 Å². The second kappa shape index (κ2) is 5.95. The van der Waals surface area contributed by atoms with Crippen LogP contribution in [0.2, 0.25) is 0 Å². The summed E-state index contributed by atoms with van der Waals surface area (Å²) in [5.74, 6) is 1.13. The molecule has 4 heteroatoms. The van der Waals surface area contributed by atoms with Gasteiger partial charge < -0.3 is 10.1 Å². The van der Waals surface area contributed by atoms with Crippen molar-refractivity contribution < 1.29 is 9.53 Å². The van der Waals surface area contributed by atoms with Crippen LogP contribution >= 0.6 is 0 Å². The molecule has 1 aliphatic rings. The first kappa shape index (κ1) is 13.6. The molecule has 0 spiro atoms. The van der Waals surface area contributed by atoms with Crippen molar-refractivity contribution in [2.45, 2.75) is 18.9 Å². The van der Waals surface area contributed by atoms with Crippen molar-refractivity contribution in [2.75, 3.05) is 7.11 Å². The summed E-state index contributed by atoms with van der Waals surface area (Å²) >= 11 is 0. The Labute approximate surface area is 124 Å². The van der Waals surface area contributed by atoms with E-state index in [4.69, 9.17) is 4.74 Å². The average Bonchev–Trinajstić information content (AvgIpc) is 3.34. The monoisotopic (exact) mass is 282 g/mol. The number of nitrogens with zero attached hydrogens (tertiary/aromatic N) is 1. The number of ether oxygens (including phenoxy) is 1. The fourth-order valence-electron chi connectivity index (χ4n) is 2.61. The van der Waals surface area contributed by atoms with Gasteiger partial charge in [0.15, 0.2) is 0 Å². The van der Waals surface area contributed by atoms with Gasteiger partial charge in [-0.25, -0.2) is 4.98 Å². The summed E-state index contributed by atoms with van der Waals surface area (Å²) in [6.45, 7) is 0.452. The Morgan fingerprint density at radius 1 is 1.29 bits per heavy atom. The number of aromatic nitrogens is 1. The molecular formula is C17H18N2O2. The standard InChI is InChI=1S/C17H18N2O2/c1-21-17-13(8-5-9-18-17)11-19-16(20)15-10-14(15)12-6-3-2-4-7-12/h2-9,14-15H,10-11H2,1H3,(H,19,20). The maximum Gasteiger partial charge on any atom is 0.224 e. The van der Waals surface area contributed by atoms with Gasteiger partial charge in [0.05, 0.1) is 7.11 Å². The molecule has 1 amide bonds. The van der Waals surface area contributed by atoms with E-state index in [1.54, 1.807) is 13.3 Å². The summed E-state index contributed by atoms with van der Waals surface area (Å²) in [5, 5.41) is 2.98. The smallest absolute Gasteiger partial charge is 0.224 e. The number of rotatable bonds is 5. The van der Waals surface area contributed by atoms with Crippen LogP contribution in [0.3, 0.4) is 0 Å². The van der Waals surface area contributed by atoms with Crippen LogP contribution in [0.5, 0.6) is 5.88 Å². The first-order valence-corrected chi connectivity index (χ1v) is 7.10.